The van der Waals surface area contributed by atoms with Crippen LogP contribution in [0.15, 0.2) is 18.2 Å². The normalized spacial score (nSPS) is 14.9. The van der Waals surface area contributed by atoms with E-state index in [9.17, 15) is 9.18 Å². The van der Waals surface area contributed by atoms with E-state index in [1.165, 1.54) is 12.5 Å². The summed E-state index contributed by atoms with van der Waals surface area (Å²) in [6.45, 7) is 1.71. The molecule has 0 radical (unpaired) electrons. The molecule has 0 unspecified atom stereocenters. The molecule has 108 valence electrons. The molecule has 1 fully saturated rings. The second kappa shape index (κ2) is 6.65. The molecule has 1 aliphatic rings. The lowest BCUT2D eigenvalue weighted by molar-refractivity contribution is 0.186. The molecule has 4 nitrogen and oxygen atoms in total. The Labute approximate surface area is 123 Å². The minimum atomic E-state index is -0.408. The third-order valence-electron chi connectivity index (χ3n) is 3.41. The molecule has 0 saturated carbocycles. The second-order valence-electron chi connectivity index (χ2n) is 4.88. The second-order valence-corrected chi connectivity index (χ2v) is 5.32. The van der Waals surface area contributed by atoms with Gasteiger partial charge in [-0.3, -0.25) is 0 Å². The van der Waals surface area contributed by atoms with Crippen molar-refractivity contribution in [1.82, 2.24) is 10.2 Å². The average Bonchev–Trinajstić information content (AvgIpc) is 2.46. The van der Waals surface area contributed by atoms with E-state index in [2.05, 4.69) is 5.32 Å². The summed E-state index contributed by atoms with van der Waals surface area (Å²) < 4.78 is 13.8. The van der Waals surface area contributed by atoms with Crippen molar-refractivity contribution in [3.8, 4) is 0 Å². The molecular formula is C14H18FN3OS. The van der Waals surface area contributed by atoms with Crippen LogP contribution >= 0.6 is 12.2 Å². The number of nitrogens with two attached hydrogens (primary N) is 1. The number of hydrogen-bond donors (Lipinski definition) is 2. The number of hydrogen-bond acceptors (Lipinski definition) is 2. The highest BCUT2D eigenvalue weighted by Crippen LogP contribution is 2.12. The zero-order valence-electron chi connectivity index (χ0n) is 11.2. The Morgan fingerprint density at radius 2 is 2.05 bits per heavy atom. The number of thiocarbonyl (C=S) groups is 1. The fourth-order valence-corrected chi connectivity index (χ4v) is 2.35. The van der Waals surface area contributed by atoms with Gasteiger partial charge in [-0.1, -0.05) is 24.4 Å². The zero-order chi connectivity index (χ0) is 14.5. The van der Waals surface area contributed by atoms with Crippen molar-refractivity contribution in [3.63, 3.8) is 0 Å². The van der Waals surface area contributed by atoms with Crippen molar-refractivity contribution in [2.75, 3.05) is 13.1 Å². The molecule has 6 heteroatoms. The number of amides is 2. The SMILES string of the molecule is NC(=S)c1ccc(CNC(=O)N2CCCCC2)c(F)c1. The molecule has 1 aliphatic heterocycles. The molecule has 3 N–H and O–H groups in total. The van der Waals surface area contributed by atoms with Crippen molar-refractivity contribution in [1.29, 1.82) is 0 Å². The smallest absolute Gasteiger partial charge is 0.317 e. The first-order chi connectivity index (χ1) is 9.58. The first-order valence-corrected chi connectivity index (χ1v) is 7.10. The van der Waals surface area contributed by atoms with E-state index in [0.29, 0.717) is 11.1 Å². The van der Waals surface area contributed by atoms with Crippen molar-refractivity contribution >= 4 is 23.2 Å². The largest absolute Gasteiger partial charge is 0.389 e. The summed E-state index contributed by atoms with van der Waals surface area (Å²) in [6, 6.07) is 4.42. The molecule has 0 bridgehead atoms. The number of benzene rings is 1. The van der Waals surface area contributed by atoms with Crippen LogP contribution in [0.25, 0.3) is 0 Å². The molecular weight excluding hydrogens is 277 g/mol. The topological polar surface area (TPSA) is 58.4 Å². The van der Waals surface area contributed by atoms with Gasteiger partial charge in [-0.2, -0.15) is 0 Å². The number of nitrogens with zero attached hydrogens (tertiary/aromatic N) is 1. The summed E-state index contributed by atoms with van der Waals surface area (Å²) in [5.41, 5.74) is 6.36. The minimum Gasteiger partial charge on any atom is -0.389 e. The molecule has 0 atom stereocenters. The Morgan fingerprint density at radius 3 is 2.65 bits per heavy atom. The van der Waals surface area contributed by atoms with Crippen LogP contribution in [-0.4, -0.2) is 29.0 Å². The quantitative estimate of drug-likeness (QED) is 0.840. The highest BCUT2D eigenvalue weighted by Gasteiger charge is 2.16. The molecule has 0 spiro atoms. The Hall–Kier alpha value is -1.69. The Kier molecular flexibility index (Phi) is 4.89. The summed E-state index contributed by atoms with van der Waals surface area (Å²) in [6.07, 6.45) is 3.23. The Balaban J connectivity index is 1.93. The standard InChI is InChI=1S/C14H18FN3OS/c15-12-8-10(13(16)20)4-5-11(12)9-17-14(19)18-6-2-1-3-7-18/h4-5,8H,1-3,6-7,9H2,(H2,16,20)(H,17,19). The first kappa shape index (κ1) is 14.7. The molecule has 1 heterocycles. The van der Waals surface area contributed by atoms with E-state index in [0.717, 1.165) is 25.9 Å². The number of carbonyl (C=O) groups is 1. The van der Waals surface area contributed by atoms with Crippen LogP contribution in [0.1, 0.15) is 30.4 Å². The molecule has 1 saturated heterocycles. The highest BCUT2D eigenvalue weighted by atomic mass is 32.1. The van der Waals surface area contributed by atoms with Crippen molar-refractivity contribution in [2.24, 2.45) is 5.73 Å². The van der Waals surface area contributed by atoms with Gasteiger partial charge in [0, 0.05) is 30.8 Å². The molecule has 0 aromatic heterocycles. The van der Waals surface area contributed by atoms with Gasteiger partial charge in [-0.25, -0.2) is 9.18 Å². The van der Waals surface area contributed by atoms with Crippen LogP contribution in [0.5, 0.6) is 0 Å². The number of rotatable bonds is 3. The first-order valence-electron chi connectivity index (χ1n) is 6.69. The number of urea groups is 1. The third-order valence-corrected chi connectivity index (χ3v) is 3.65. The fraction of sp³-hybridized carbons (Fsp3) is 0.429. The van der Waals surface area contributed by atoms with Gasteiger partial charge < -0.3 is 16.0 Å². The summed E-state index contributed by atoms with van der Waals surface area (Å²) in [4.78, 5) is 13.8. The van der Waals surface area contributed by atoms with Gasteiger partial charge in [0.25, 0.3) is 0 Å². The minimum absolute atomic E-state index is 0.137. The van der Waals surface area contributed by atoms with E-state index in [4.69, 9.17) is 18.0 Å². The van der Waals surface area contributed by atoms with E-state index in [1.54, 1.807) is 17.0 Å². The van der Waals surface area contributed by atoms with Gasteiger partial charge >= 0.3 is 6.03 Å². The fourth-order valence-electron chi connectivity index (χ4n) is 2.22. The monoisotopic (exact) mass is 295 g/mol. The van der Waals surface area contributed by atoms with Gasteiger partial charge in [0.2, 0.25) is 0 Å². The van der Waals surface area contributed by atoms with E-state index in [1.807, 2.05) is 0 Å². The number of carbonyl (C=O) groups excluding carboxylic acids is 1. The molecule has 1 aromatic rings. The highest BCUT2D eigenvalue weighted by molar-refractivity contribution is 7.80. The average molecular weight is 295 g/mol. The van der Waals surface area contributed by atoms with Crippen LogP contribution < -0.4 is 11.1 Å². The zero-order valence-corrected chi connectivity index (χ0v) is 12.0. The summed E-state index contributed by atoms with van der Waals surface area (Å²) in [7, 11) is 0. The maximum absolute atomic E-state index is 13.8. The summed E-state index contributed by atoms with van der Waals surface area (Å²) in [5.74, 6) is -0.408. The molecule has 0 aliphatic carbocycles. The van der Waals surface area contributed by atoms with Crippen molar-refractivity contribution in [3.05, 3.63) is 35.1 Å². The number of likely N-dealkylation sites (tertiary alicyclic amines) is 1. The van der Waals surface area contributed by atoms with Crippen LogP contribution in [0, 0.1) is 5.82 Å². The lowest BCUT2D eigenvalue weighted by atomic mass is 10.1. The maximum Gasteiger partial charge on any atom is 0.317 e. The number of nitrogens with one attached hydrogen (secondary N) is 1. The van der Waals surface area contributed by atoms with Crippen LogP contribution in [0.4, 0.5) is 9.18 Å². The van der Waals surface area contributed by atoms with Crippen LogP contribution in [0.2, 0.25) is 0 Å². The molecule has 1 aromatic carbocycles. The van der Waals surface area contributed by atoms with Crippen LogP contribution in [0.3, 0.4) is 0 Å². The summed E-state index contributed by atoms with van der Waals surface area (Å²) >= 11 is 4.79. The van der Waals surface area contributed by atoms with E-state index < -0.39 is 5.82 Å². The third kappa shape index (κ3) is 3.66. The summed E-state index contributed by atoms with van der Waals surface area (Å²) in [5, 5.41) is 2.74. The van der Waals surface area contributed by atoms with Gasteiger partial charge in [0.05, 0.1) is 0 Å². The van der Waals surface area contributed by atoms with E-state index in [-0.39, 0.29) is 17.6 Å². The van der Waals surface area contributed by atoms with Crippen molar-refractivity contribution < 1.29 is 9.18 Å². The predicted octanol–water partition coefficient (Wildman–Crippen LogP) is 2.16. The predicted molar refractivity (Wildman–Crippen MR) is 79.9 cm³/mol. The molecule has 2 rings (SSSR count). The maximum atomic E-state index is 13.8. The Bertz CT molecular complexity index is 515. The van der Waals surface area contributed by atoms with Gasteiger partial charge in [0.1, 0.15) is 10.8 Å². The molecule has 2 amide bonds. The number of halogens is 1. The van der Waals surface area contributed by atoms with E-state index >= 15 is 0 Å². The lowest BCUT2D eigenvalue weighted by Gasteiger charge is -2.26. The van der Waals surface area contributed by atoms with Gasteiger partial charge in [-0.15, -0.1) is 0 Å². The number of piperidine rings is 1. The van der Waals surface area contributed by atoms with Crippen molar-refractivity contribution in [2.45, 2.75) is 25.8 Å². The lowest BCUT2D eigenvalue weighted by Crippen LogP contribution is -2.42. The van der Waals surface area contributed by atoms with Gasteiger partial charge in [-0.05, 0) is 25.3 Å². The molecule has 20 heavy (non-hydrogen) atoms. The van der Waals surface area contributed by atoms with Crippen LogP contribution in [-0.2, 0) is 6.54 Å². The van der Waals surface area contributed by atoms with Gasteiger partial charge in [0.15, 0.2) is 0 Å². The Morgan fingerprint density at radius 1 is 1.35 bits per heavy atom.